The smallest absolute Gasteiger partial charge is 0.251 e. The van der Waals surface area contributed by atoms with Crippen molar-refractivity contribution >= 4 is 17.5 Å². The van der Waals surface area contributed by atoms with E-state index in [4.69, 9.17) is 0 Å². The summed E-state index contributed by atoms with van der Waals surface area (Å²) in [4.78, 5) is 26.5. The number of anilines is 1. The van der Waals surface area contributed by atoms with Crippen LogP contribution in [0.2, 0.25) is 0 Å². The third-order valence-corrected chi connectivity index (χ3v) is 5.19. The summed E-state index contributed by atoms with van der Waals surface area (Å²) in [7, 11) is 0. The topological polar surface area (TPSA) is 61.4 Å². The van der Waals surface area contributed by atoms with Crippen LogP contribution in [-0.2, 0) is 11.2 Å². The molecular formula is C23H29N3O2. The molecule has 0 unspecified atom stereocenters. The summed E-state index contributed by atoms with van der Waals surface area (Å²) < 4.78 is 0. The molecular weight excluding hydrogens is 350 g/mol. The summed E-state index contributed by atoms with van der Waals surface area (Å²) in [6.07, 6.45) is 3.36. The first-order chi connectivity index (χ1) is 13.6. The van der Waals surface area contributed by atoms with Crippen LogP contribution in [0.1, 0.15) is 35.7 Å². The SMILES string of the molecule is CCNC(=O)c1cccc(NC(=O)CN2CCC(Cc3ccccc3)CC2)c1. The van der Waals surface area contributed by atoms with Crippen molar-refractivity contribution in [2.24, 2.45) is 5.92 Å². The number of rotatable bonds is 7. The summed E-state index contributed by atoms with van der Waals surface area (Å²) in [5, 5.41) is 5.69. The molecule has 2 N–H and O–H groups in total. The number of hydrogen-bond donors (Lipinski definition) is 2. The highest BCUT2D eigenvalue weighted by atomic mass is 16.2. The molecule has 28 heavy (non-hydrogen) atoms. The number of nitrogens with one attached hydrogen (secondary N) is 2. The molecule has 0 radical (unpaired) electrons. The lowest BCUT2D eigenvalue weighted by atomic mass is 9.90. The molecule has 0 aliphatic carbocycles. The summed E-state index contributed by atoms with van der Waals surface area (Å²) in [6, 6.07) is 17.7. The Balaban J connectivity index is 1.45. The summed E-state index contributed by atoms with van der Waals surface area (Å²) in [5.41, 5.74) is 2.61. The number of nitrogens with zero attached hydrogens (tertiary/aromatic N) is 1. The minimum absolute atomic E-state index is 0.0328. The summed E-state index contributed by atoms with van der Waals surface area (Å²) in [6.45, 7) is 4.75. The zero-order valence-corrected chi connectivity index (χ0v) is 16.5. The molecule has 1 heterocycles. The Morgan fingerprint density at radius 2 is 1.79 bits per heavy atom. The standard InChI is InChI=1S/C23H29N3O2/c1-2-24-23(28)20-9-6-10-21(16-20)25-22(27)17-26-13-11-19(12-14-26)15-18-7-4-3-5-8-18/h3-10,16,19H,2,11-15,17H2,1H3,(H,24,28)(H,25,27). The Morgan fingerprint density at radius 3 is 2.50 bits per heavy atom. The fraction of sp³-hybridized carbons (Fsp3) is 0.391. The Kier molecular flexibility index (Phi) is 7.20. The fourth-order valence-electron chi connectivity index (χ4n) is 3.70. The maximum absolute atomic E-state index is 12.4. The van der Waals surface area contributed by atoms with E-state index in [9.17, 15) is 9.59 Å². The maximum atomic E-state index is 12.4. The van der Waals surface area contributed by atoms with E-state index in [1.807, 2.05) is 13.0 Å². The third kappa shape index (κ3) is 5.92. The Morgan fingerprint density at radius 1 is 1.04 bits per heavy atom. The summed E-state index contributed by atoms with van der Waals surface area (Å²) >= 11 is 0. The van der Waals surface area contributed by atoms with Gasteiger partial charge in [0, 0.05) is 17.8 Å². The number of piperidine rings is 1. The number of carbonyl (C=O) groups excluding carboxylic acids is 2. The van der Waals surface area contributed by atoms with Crippen molar-refractivity contribution in [3.05, 3.63) is 65.7 Å². The summed E-state index contributed by atoms with van der Waals surface area (Å²) in [5.74, 6) is 0.532. The number of carbonyl (C=O) groups is 2. The molecule has 0 bridgehead atoms. The molecule has 0 saturated carbocycles. The van der Waals surface area contributed by atoms with Crippen LogP contribution in [0.3, 0.4) is 0 Å². The van der Waals surface area contributed by atoms with Crippen molar-refractivity contribution in [2.45, 2.75) is 26.2 Å². The van der Waals surface area contributed by atoms with Crippen molar-refractivity contribution < 1.29 is 9.59 Å². The molecule has 148 valence electrons. The van der Waals surface area contributed by atoms with Gasteiger partial charge in [0.25, 0.3) is 5.91 Å². The number of amides is 2. The molecule has 1 saturated heterocycles. The predicted molar refractivity (Wildman–Crippen MR) is 112 cm³/mol. The van der Waals surface area contributed by atoms with Crippen LogP contribution in [0.5, 0.6) is 0 Å². The van der Waals surface area contributed by atoms with Gasteiger partial charge in [-0.1, -0.05) is 36.4 Å². The third-order valence-electron chi connectivity index (χ3n) is 5.19. The van der Waals surface area contributed by atoms with Gasteiger partial charge < -0.3 is 10.6 Å². The van der Waals surface area contributed by atoms with Gasteiger partial charge in [-0.15, -0.1) is 0 Å². The van der Waals surface area contributed by atoms with Gasteiger partial charge in [-0.2, -0.15) is 0 Å². The normalized spacial score (nSPS) is 15.2. The monoisotopic (exact) mass is 379 g/mol. The van der Waals surface area contributed by atoms with E-state index in [2.05, 4.69) is 45.9 Å². The lowest BCUT2D eigenvalue weighted by molar-refractivity contribution is -0.117. The van der Waals surface area contributed by atoms with Gasteiger partial charge in [-0.25, -0.2) is 0 Å². The van der Waals surface area contributed by atoms with E-state index < -0.39 is 0 Å². The molecule has 2 amide bonds. The average Bonchev–Trinajstić information content (AvgIpc) is 2.70. The second kappa shape index (κ2) is 10.0. The largest absolute Gasteiger partial charge is 0.352 e. The molecule has 1 aliphatic rings. The van der Waals surface area contributed by atoms with Gasteiger partial charge in [-0.3, -0.25) is 14.5 Å². The van der Waals surface area contributed by atoms with Crippen LogP contribution < -0.4 is 10.6 Å². The first-order valence-corrected chi connectivity index (χ1v) is 10.1. The lowest BCUT2D eigenvalue weighted by Crippen LogP contribution is -2.39. The quantitative estimate of drug-likeness (QED) is 0.776. The van der Waals surface area contributed by atoms with Gasteiger partial charge in [0.15, 0.2) is 0 Å². The first kappa shape index (κ1) is 20.1. The molecule has 0 atom stereocenters. The van der Waals surface area contributed by atoms with Crippen molar-refractivity contribution in [1.29, 1.82) is 0 Å². The second-order valence-corrected chi connectivity index (χ2v) is 7.40. The van der Waals surface area contributed by atoms with Gasteiger partial charge >= 0.3 is 0 Å². The highest BCUT2D eigenvalue weighted by Crippen LogP contribution is 2.21. The van der Waals surface area contributed by atoms with Crippen molar-refractivity contribution in [2.75, 3.05) is 31.5 Å². The van der Waals surface area contributed by atoms with E-state index >= 15 is 0 Å². The van der Waals surface area contributed by atoms with Gasteiger partial charge in [0.2, 0.25) is 5.91 Å². The van der Waals surface area contributed by atoms with Crippen LogP contribution in [0.4, 0.5) is 5.69 Å². The van der Waals surface area contributed by atoms with E-state index in [-0.39, 0.29) is 11.8 Å². The highest BCUT2D eigenvalue weighted by Gasteiger charge is 2.21. The minimum Gasteiger partial charge on any atom is -0.352 e. The molecule has 5 nitrogen and oxygen atoms in total. The van der Waals surface area contributed by atoms with Crippen LogP contribution in [0.25, 0.3) is 0 Å². The zero-order valence-electron chi connectivity index (χ0n) is 16.5. The Hall–Kier alpha value is -2.66. The second-order valence-electron chi connectivity index (χ2n) is 7.40. The van der Waals surface area contributed by atoms with Crippen molar-refractivity contribution in [1.82, 2.24) is 10.2 Å². The minimum atomic E-state index is -0.126. The van der Waals surface area contributed by atoms with E-state index in [1.165, 1.54) is 5.56 Å². The predicted octanol–water partition coefficient (Wildman–Crippen LogP) is 3.33. The van der Waals surface area contributed by atoms with Gasteiger partial charge in [0.05, 0.1) is 6.54 Å². The zero-order chi connectivity index (χ0) is 19.8. The van der Waals surface area contributed by atoms with Crippen LogP contribution in [-0.4, -0.2) is 42.9 Å². The molecule has 0 spiro atoms. The number of hydrogen-bond acceptors (Lipinski definition) is 3. The Bertz CT molecular complexity index is 783. The average molecular weight is 380 g/mol. The molecule has 3 rings (SSSR count). The van der Waals surface area contributed by atoms with E-state index in [1.54, 1.807) is 18.2 Å². The Labute approximate surface area is 167 Å². The molecule has 1 fully saturated rings. The van der Waals surface area contributed by atoms with E-state index in [0.29, 0.717) is 30.3 Å². The van der Waals surface area contributed by atoms with E-state index in [0.717, 1.165) is 32.4 Å². The van der Waals surface area contributed by atoms with Gasteiger partial charge in [-0.05, 0) is 69.0 Å². The molecule has 0 aromatic heterocycles. The molecule has 5 heteroatoms. The van der Waals surface area contributed by atoms with Crippen LogP contribution in [0.15, 0.2) is 54.6 Å². The van der Waals surface area contributed by atoms with Gasteiger partial charge in [0.1, 0.15) is 0 Å². The number of likely N-dealkylation sites (tertiary alicyclic amines) is 1. The molecule has 2 aromatic rings. The highest BCUT2D eigenvalue weighted by molar-refractivity contribution is 5.97. The van der Waals surface area contributed by atoms with Crippen LogP contribution in [0, 0.1) is 5.92 Å². The molecule has 1 aliphatic heterocycles. The fourth-order valence-corrected chi connectivity index (χ4v) is 3.70. The maximum Gasteiger partial charge on any atom is 0.251 e. The van der Waals surface area contributed by atoms with Crippen molar-refractivity contribution in [3.63, 3.8) is 0 Å². The van der Waals surface area contributed by atoms with Crippen LogP contribution >= 0.6 is 0 Å². The number of benzene rings is 2. The molecule has 2 aromatic carbocycles. The lowest BCUT2D eigenvalue weighted by Gasteiger charge is -2.31. The first-order valence-electron chi connectivity index (χ1n) is 10.1. The van der Waals surface area contributed by atoms with Crippen molar-refractivity contribution in [3.8, 4) is 0 Å².